The van der Waals surface area contributed by atoms with E-state index in [0.29, 0.717) is 5.95 Å². The molecule has 0 saturated carbocycles. The van der Waals surface area contributed by atoms with Gasteiger partial charge >= 0.3 is 0 Å². The third kappa shape index (κ3) is 2.74. The zero-order valence-corrected chi connectivity index (χ0v) is 12.4. The first kappa shape index (κ1) is 13.4. The molecule has 0 saturated heterocycles. The van der Waals surface area contributed by atoms with E-state index in [4.69, 9.17) is 0 Å². The molecule has 0 amide bonds. The maximum Gasteiger partial charge on any atom is 0.250 e. The molecule has 0 N–H and O–H groups in total. The Hall–Kier alpha value is -3.27. The van der Waals surface area contributed by atoms with Gasteiger partial charge in [0.1, 0.15) is 0 Å². The predicted octanol–water partition coefficient (Wildman–Crippen LogP) is 4.00. The van der Waals surface area contributed by atoms with Gasteiger partial charge in [0.15, 0.2) is 0 Å². The number of nitrogens with zero attached hydrogens (tertiary/aromatic N) is 4. The average Bonchev–Trinajstić information content (AvgIpc) is 3.14. The highest BCUT2D eigenvalue weighted by Crippen LogP contribution is 2.23. The van der Waals surface area contributed by atoms with Crippen molar-refractivity contribution in [1.82, 2.24) is 19.7 Å². The molecule has 4 rings (SSSR count). The van der Waals surface area contributed by atoms with Crippen LogP contribution in [0.25, 0.3) is 28.3 Å². The van der Waals surface area contributed by atoms with E-state index < -0.39 is 0 Å². The van der Waals surface area contributed by atoms with Crippen LogP contribution in [0.1, 0.15) is 0 Å². The summed E-state index contributed by atoms with van der Waals surface area (Å²) in [6.45, 7) is 0. The van der Waals surface area contributed by atoms with Crippen LogP contribution in [0.2, 0.25) is 0 Å². The van der Waals surface area contributed by atoms with Crippen LogP contribution in [-0.2, 0) is 0 Å². The quantitative estimate of drug-likeness (QED) is 0.574. The summed E-state index contributed by atoms with van der Waals surface area (Å²) in [6, 6.07) is 22.5. The molecular formula is C19H14N4. The van der Waals surface area contributed by atoms with Crippen LogP contribution in [0.15, 0.2) is 85.3 Å². The van der Waals surface area contributed by atoms with Crippen molar-refractivity contribution in [2.24, 2.45) is 0 Å². The lowest BCUT2D eigenvalue weighted by atomic mass is 10.0. The highest BCUT2D eigenvalue weighted by Gasteiger charge is 2.05. The van der Waals surface area contributed by atoms with Crippen molar-refractivity contribution < 1.29 is 0 Å². The molecule has 0 aliphatic heterocycles. The minimum Gasteiger partial charge on any atom is -0.220 e. The minimum absolute atomic E-state index is 0.569. The maximum atomic E-state index is 4.54. The molecule has 4 nitrogen and oxygen atoms in total. The van der Waals surface area contributed by atoms with Crippen LogP contribution >= 0.6 is 0 Å². The number of rotatable bonds is 3. The average molecular weight is 298 g/mol. The van der Waals surface area contributed by atoms with Crippen molar-refractivity contribution in [2.75, 3.05) is 0 Å². The first-order chi connectivity index (χ1) is 11.4. The van der Waals surface area contributed by atoms with E-state index in [1.165, 1.54) is 11.1 Å². The Bertz CT molecular complexity index is 897. The number of hydrogen-bond acceptors (Lipinski definition) is 3. The van der Waals surface area contributed by atoms with Crippen LogP contribution in [-0.4, -0.2) is 19.7 Å². The molecule has 0 aliphatic carbocycles. The molecule has 0 fully saturated rings. The zero-order chi connectivity index (χ0) is 15.5. The van der Waals surface area contributed by atoms with Crippen molar-refractivity contribution in [3.63, 3.8) is 0 Å². The van der Waals surface area contributed by atoms with Gasteiger partial charge < -0.3 is 0 Å². The summed E-state index contributed by atoms with van der Waals surface area (Å²) in [5.41, 5.74) is 4.37. The smallest absolute Gasteiger partial charge is 0.220 e. The fraction of sp³-hybridized carbons (Fsp3) is 0. The third-order valence-electron chi connectivity index (χ3n) is 3.63. The van der Waals surface area contributed by atoms with Crippen molar-refractivity contribution in [1.29, 1.82) is 0 Å². The molecular weight excluding hydrogens is 284 g/mol. The monoisotopic (exact) mass is 298 g/mol. The van der Waals surface area contributed by atoms with Crippen molar-refractivity contribution in [3.05, 3.63) is 85.3 Å². The van der Waals surface area contributed by atoms with Gasteiger partial charge in [0, 0.05) is 24.2 Å². The summed E-state index contributed by atoms with van der Waals surface area (Å²) in [5.74, 6) is 0.569. The Labute approximate surface area is 134 Å². The van der Waals surface area contributed by atoms with Crippen LogP contribution in [0, 0.1) is 0 Å². The summed E-state index contributed by atoms with van der Waals surface area (Å²) in [7, 11) is 0. The molecule has 2 heterocycles. The number of benzene rings is 2. The number of aromatic nitrogens is 4. The Balaban J connectivity index is 1.63. The molecule has 23 heavy (non-hydrogen) atoms. The molecule has 0 aliphatic rings. The van der Waals surface area contributed by atoms with Gasteiger partial charge in [0.2, 0.25) is 5.95 Å². The molecule has 2 aromatic heterocycles. The van der Waals surface area contributed by atoms with Gasteiger partial charge in [-0.3, -0.25) is 0 Å². The van der Waals surface area contributed by atoms with Crippen LogP contribution in [0.4, 0.5) is 0 Å². The van der Waals surface area contributed by atoms with Crippen LogP contribution in [0.5, 0.6) is 0 Å². The molecule has 0 bridgehead atoms. The lowest BCUT2D eigenvalue weighted by molar-refractivity contribution is 0.811. The maximum absolute atomic E-state index is 4.54. The Morgan fingerprint density at radius 1 is 0.609 bits per heavy atom. The summed E-state index contributed by atoms with van der Waals surface area (Å²) in [4.78, 5) is 8.40. The van der Waals surface area contributed by atoms with E-state index >= 15 is 0 Å². The van der Waals surface area contributed by atoms with Crippen molar-refractivity contribution in [3.8, 4) is 28.3 Å². The Morgan fingerprint density at radius 2 is 1.26 bits per heavy atom. The fourth-order valence-corrected chi connectivity index (χ4v) is 2.46. The molecule has 2 aromatic carbocycles. The van der Waals surface area contributed by atoms with Crippen LogP contribution < -0.4 is 0 Å². The Morgan fingerprint density at radius 3 is 2.00 bits per heavy atom. The Kier molecular flexibility index (Phi) is 3.41. The van der Waals surface area contributed by atoms with Gasteiger partial charge in [-0.15, -0.1) is 0 Å². The first-order valence-electron chi connectivity index (χ1n) is 7.39. The second kappa shape index (κ2) is 5.85. The molecule has 110 valence electrons. The number of hydrogen-bond donors (Lipinski definition) is 0. The predicted molar refractivity (Wildman–Crippen MR) is 90.0 cm³/mol. The summed E-state index contributed by atoms with van der Waals surface area (Å²) in [6.07, 6.45) is 5.28. The summed E-state index contributed by atoms with van der Waals surface area (Å²) < 4.78 is 1.68. The molecule has 0 radical (unpaired) electrons. The molecule has 4 aromatic rings. The van der Waals surface area contributed by atoms with E-state index in [0.717, 1.165) is 11.3 Å². The van der Waals surface area contributed by atoms with Crippen molar-refractivity contribution in [2.45, 2.75) is 0 Å². The van der Waals surface area contributed by atoms with E-state index in [-0.39, 0.29) is 0 Å². The molecule has 0 spiro atoms. The van der Waals surface area contributed by atoms with E-state index in [2.05, 4.69) is 51.5 Å². The normalized spacial score (nSPS) is 10.6. The minimum atomic E-state index is 0.569. The van der Waals surface area contributed by atoms with Gasteiger partial charge in [-0.05, 0) is 23.3 Å². The van der Waals surface area contributed by atoms with Gasteiger partial charge in [-0.1, -0.05) is 54.6 Å². The topological polar surface area (TPSA) is 43.6 Å². The first-order valence-corrected chi connectivity index (χ1v) is 7.39. The van der Waals surface area contributed by atoms with Crippen LogP contribution in [0.3, 0.4) is 0 Å². The molecule has 0 unspecified atom stereocenters. The lowest BCUT2D eigenvalue weighted by Gasteiger charge is -2.03. The highest BCUT2D eigenvalue weighted by molar-refractivity contribution is 5.68. The lowest BCUT2D eigenvalue weighted by Crippen LogP contribution is -2.00. The van der Waals surface area contributed by atoms with Crippen molar-refractivity contribution >= 4 is 0 Å². The van der Waals surface area contributed by atoms with Gasteiger partial charge in [0.25, 0.3) is 0 Å². The summed E-state index contributed by atoms with van der Waals surface area (Å²) >= 11 is 0. The van der Waals surface area contributed by atoms with E-state index in [9.17, 15) is 0 Å². The molecule has 4 heteroatoms. The largest absolute Gasteiger partial charge is 0.250 e. The van der Waals surface area contributed by atoms with Gasteiger partial charge in [-0.25, -0.2) is 14.6 Å². The second-order valence-electron chi connectivity index (χ2n) is 5.14. The fourth-order valence-electron chi connectivity index (χ4n) is 2.46. The van der Waals surface area contributed by atoms with E-state index in [1.807, 2.05) is 30.5 Å². The van der Waals surface area contributed by atoms with Gasteiger partial charge in [0.05, 0.1) is 5.69 Å². The second-order valence-corrected chi connectivity index (χ2v) is 5.14. The van der Waals surface area contributed by atoms with E-state index in [1.54, 1.807) is 23.1 Å². The highest BCUT2D eigenvalue weighted by atomic mass is 15.3. The summed E-state index contributed by atoms with van der Waals surface area (Å²) in [5, 5.41) is 4.54. The SMILES string of the molecule is c1ccc(-c2ccc(-c3ccn(-c4ncccn4)n3)cc2)cc1. The zero-order valence-electron chi connectivity index (χ0n) is 12.4. The third-order valence-corrected chi connectivity index (χ3v) is 3.63. The van der Waals surface area contributed by atoms with Gasteiger partial charge in [-0.2, -0.15) is 5.10 Å². The standard InChI is InChI=1S/C19H14N4/c1-2-5-15(6-3-1)16-7-9-17(10-8-16)18-11-14-23(22-18)19-20-12-4-13-21-19/h1-14H. The molecule has 0 atom stereocenters.